The molecule has 0 aliphatic carbocycles. The Morgan fingerprint density at radius 3 is 2.43 bits per heavy atom. The Balaban J connectivity index is 2.16. The summed E-state index contributed by atoms with van der Waals surface area (Å²) in [5.41, 5.74) is 1.63. The molecule has 0 unspecified atom stereocenters. The van der Waals surface area contributed by atoms with Crippen molar-refractivity contribution >= 4 is 44.6 Å². The molecule has 0 heterocycles. The van der Waals surface area contributed by atoms with Gasteiger partial charge in [-0.05, 0) is 49.7 Å². The molecule has 0 atom stereocenters. The van der Waals surface area contributed by atoms with E-state index in [0.717, 1.165) is 12.7 Å². The molecule has 0 saturated heterocycles. The number of benzene rings is 2. The molecular formula is C20H21ClN2O4S. The molecule has 2 amide bonds. The largest absolute Gasteiger partial charge is 0.322 e. The van der Waals surface area contributed by atoms with Crippen LogP contribution in [0.2, 0.25) is 5.02 Å². The summed E-state index contributed by atoms with van der Waals surface area (Å²) < 4.78 is 23.3. The van der Waals surface area contributed by atoms with Crippen LogP contribution in [0.4, 0.5) is 11.4 Å². The van der Waals surface area contributed by atoms with Crippen LogP contribution in [0.15, 0.2) is 59.0 Å². The van der Waals surface area contributed by atoms with Gasteiger partial charge in [0.1, 0.15) is 0 Å². The third kappa shape index (κ3) is 5.68. The van der Waals surface area contributed by atoms with Crippen LogP contribution < -0.4 is 10.6 Å². The van der Waals surface area contributed by atoms with Crippen LogP contribution in [-0.4, -0.2) is 26.5 Å². The quantitative estimate of drug-likeness (QED) is 0.682. The van der Waals surface area contributed by atoms with Crippen molar-refractivity contribution in [2.24, 2.45) is 0 Å². The van der Waals surface area contributed by atoms with Crippen molar-refractivity contribution in [2.75, 3.05) is 16.9 Å². The number of nitrogens with one attached hydrogen (secondary N) is 2. The maximum absolute atomic E-state index is 12.4. The lowest BCUT2D eigenvalue weighted by Crippen LogP contribution is -2.14. The first-order chi connectivity index (χ1) is 13.1. The average Bonchev–Trinajstić information content (AvgIpc) is 2.63. The fourth-order valence-electron chi connectivity index (χ4n) is 2.39. The lowest BCUT2D eigenvalue weighted by molar-refractivity contribution is -0.112. The van der Waals surface area contributed by atoms with E-state index in [1.54, 1.807) is 19.1 Å². The number of amides is 2. The fourth-order valence-corrected chi connectivity index (χ4v) is 3.28. The van der Waals surface area contributed by atoms with E-state index in [0.29, 0.717) is 16.9 Å². The molecule has 2 rings (SSSR count). The Morgan fingerprint density at radius 1 is 1.11 bits per heavy atom. The fraction of sp³-hybridized carbons (Fsp3) is 0.200. The van der Waals surface area contributed by atoms with Crippen molar-refractivity contribution in [3.63, 3.8) is 0 Å². The van der Waals surface area contributed by atoms with Crippen LogP contribution in [0.25, 0.3) is 0 Å². The van der Waals surface area contributed by atoms with Gasteiger partial charge in [0, 0.05) is 23.1 Å². The van der Waals surface area contributed by atoms with E-state index in [9.17, 15) is 18.0 Å². The van der Waals surface area contributed by atoms with Crippen LogP contribution in [0.3, 0.4) is 0 Å². The lowest BCUT2D eigenvalue weighted by atomic mass is 10.2. The molecule has 0 saturated carbocycles. The summed E-state index contributed by atoms with van der Waals surface area (Å²) in [5.74, 6) is -0.724. The van der Waals surface area contributed by atoms with Gasteiger partial charge < -0.3 is 10.6 Å². The molecule has 2 aromatic carbocycles. The molecule has 28 heavy (non-hydrogen) atoms. The minimum Gasteiger partial charge on any atom is -0.322 e. The van der Waals surface area contributed by atoms with Crippen molar-refractivity contribution in [2.45, 2.75) is 25.2 Å². The Labute approximate surface area is 169 Å². The molecule has 6 nitrogen and oxygen atoms in total. The van der Waals surface area contributed by atoms with Crippen LogP contribution in [0.5, 0.6) is 0 Å². The number of rotatable bonds is 6. The van der Waals surface area contributed by atoms with Crippen molar-refractivity contribution in [1.82, 2.24) is 0 Å². The number of carbonyl (C=O) groups is 2. The van der Waals surface area contributed by atoms with Crippen molar-refractivity contribution in [3.05, 3.63) is 64.7 Å². The van der Waals surface area contributed by atoms with E-state index < -0.39 is 15.7 Å². The summed E-state index contributed by atoms with van der Waals surface area (Å²) in [6, 6.07) is 10.4. The molecule has 148 valence electrons. The summed E-state index contributed by atoms with van der Waals surface area (Å²) in [6.07, 6.45) is 3.65. The molecule has 0 radical (unpaired) electrons. The molecule has 0 aliphatic rings. The Kier molecular flexibility index (Phi) is 6.99. The minimum atomic E-state index is -3.42. The predicted molar refractivity (Wildman–Crippen MR) is 112 cm³/mol. The van der Waals surface area contributed by atoms with Gasteiger partial charge >= 0.3 is 0 Å². The average molecular weight is 421 g/mol. The molecule has 0 fully saturated rings. The van der Waals surface area contributed by atoms with Crippen LogP contribution >= 0.6 is 11.6 Å². The van der Waals surface area contributed by atoms with Crippen molar-refractivity contribution < 1.29 is 18.0 Å². The lowest BCUT2D eigenvalue weighted by Gasteiger charge is -2.11. The predicted octanol–water partition coefficient (Wildman–Crippen LogP) is 4.29. The molecule has 0 bridgehead atoms. The van der Waals surface area contributed by atoms with Gasteiger partial charge in [0.2, 0.25) is 0 Å². The van der Waals surface area contributed by atoms with Gasteiger partial charge in [-0.3, -0.25) is 9.59 Å². The molecule has 0 aliphatic heterocycles. The standard InChI is InChI=1S/C20H21ClN2O4S/c1-4-6-13(2)19(24)22-15-9-10-18(17(21)12-15)23-20(25)14-7-5-8-16(11-14)28(3,26)27/h5-12H,4H2,1-3H3,(H,22,24)(H,23,25). The van der Waals surface area contributed by atoms with Gasteiger partial charge in [-0.2, -0.15) is 0 Å². The van der Waals surface area contributed by atoms with Gasteiger partial charge in [0.05, 0.1) is 15.6 Å². The first-order valence-corrected chi connectivity index (χ1v) is 10.8. The number of hydrogen-bond donors (Lipinski definition) is 2. The van der Waals surface area contributed by atoms with Gasteiger partial charge in [-0.1, -0.05) is 30.7 Å². The SMILES string of the molecule is CCC=C(C)C(=O)Nc1ccc(NC(=O)c2cccc(S(C)(=O)=O)c2)c(Cl)c1. The summed E-state index contributed by atoms with van der Waals surface area (Å²) in [7, 11) is -3.42. The molecular weight excluding hydrogens is 400 g/mol. The molecule has 2 N–H and O–H groups in total. The normalized spacial score (nSPS) is 11.8. The van der Waals surface area contributed by atoms with E-state index in [1.807, 2.05) is 13.0 Å². The Morgan fingerprint density at radius 2 is 1.82 bits per heavy atom. The second-order valence-corrected chi connectivity index (χ2v) is 8.62. The number of anilines is 2. The van der Waals surface area contributed by atoms with Gasteiger partial charge in [0.15, 0.2) is 9.84 Å². The van der Waals surface area contributed by atoms with Gasteiger partial charge in [-0.15, -0.1) is 0 Å². The minimum absolute atomic E-state index is 0.0554. The number of halogens is 1. The van der Waals surface area contributed by atoms with Crippen LogP contribution in [0.1, 0.15) is 30.6 Å². The zero-order valence-corrected chi connectivity index (χ0v) is 17.3. The van der Waals surface area contributed by atoms with E-state index in [4.69, 9.17) is 11.6 Å². The summed E-state index contributed by atoms with van der Waals surface area (Å²) in [5, 5.41) is 5.61. The smallest absolute Gasteiger partial charge is 0.255 e. The second kappa shape index (κ2) is 9.03. The maximum Gasteiger partial charge on any atom is 0.255 e. The highest BCUT2D eigenvalue weighted by Gasteiger charge is 2.13. The third-order valence-electron chi connectivity index (χ3n) is 3.87. The highest BCUT2D eigenvalue weighted by molar-refractivity contribution is 7.90. The van der Waals surface area contributed by atoms with E-state index in [1.165, 1.54) is 30.3 Å². The van der Waals surface area contributed by atoms with Crippen LogP contribution in [-0.2, 0) is 14.6 Å². The number of hydrogen-bond acceptors (Lipinski definition) is 4. The molecule has 2 aromatic rings. The Bertz CT molecular complexity index is 1050. The van der Waals surface area contributed by atoms with Crippen molar-refractivity contribution in [3.8, 4) is 0 Å². The monoisotopic (exact) mass is 420 g/mol. The highest BCUT2D eigenvalue weighted by atomic mass is 35.5. The molecule has 0 aromatic heterocycles. The molecule has 0 spiro atoms. The zero-order chi connectivity index (χ0) is 20.9. The third-order valence-corrected chi connectivity index (χ3v) is 5.29. The first-order valence-electron chi connectivity index (χ1n) is 8.51. The van der Waals surface area contributed by atoms with Crippen molar-refractivity contribution in [1.29, 1.82) is 0 Å². The Hall–Kier alpha value is -2.64. The van der Waals surface area contributed by atoms with Crippen LogP contribution in [0, 0.1) is 0 Å². The molecule has 8 heteroatoms. The topological polar surface area (TPSA) is 92.3 Å². The number of sulfone groups is 1. The summed E-state index contributed by atoms with van der Waals surface area (Å²) >= 11 is 6.21. The highest BCUT2D eigenvalue weighted by Crippen LogP contribution is 2.26. The number of allylic oxidation sites excluding steroid dienone is 1. The van der Waals surface area contributed by atoms with E-state index >= 15 is 0 Å². The maximum atomic E-state index is 12.4. The second-order valence-electron chi connectivity index (χ2n) is 6.20. The summed E-state index contributed by atoms with van der Waals surface area (Å²) in [4.78, 5) is 24.5. The first kappa shape index (κ1) is 21.7. The van der Waals surface area contributed by atoms with E-state index in [-0.39, 0.29) is 21.4 Å². The van der Waals surface area contributed by atoms with Gasteiger partial charge in [-0.25, -0.2) is 8.42 Å². The summed E-state index contributed by atoms with van der Waals surface area (Å²) in [6.45, 7) is 3.66. The zero-order valence-electron chi connectivity index (χ0n) is 15.7. The van der Waals surface area contributed by atoms with Gasteiger partial charge in [0.25, 0.3) is 11.8 Å². The van der Waals surface area contributed by atoms with E-state index in [2.05, 4.69) is 10.6 Å². The number of carbonyl (C=O) groups excluding carboxylic acids is 2.